The molecule has 1 aromatic rings. The van der Waals surface area contributed by atoms with E-state index < -0.39 is 0 Å². The van der Waals surface area contributed by atoms with Gasteiger partial charge in [0.1, 0.15) is 0 Å². The van der Waals surface area contributed by atoms with Crippen LogP contribution in [-0.2, 0) is 0 Å². The van der Waals surface area contributed by atoms with Crippen LogP contribution in [0.15, 0.2) is 18.2 Å². The van der Waals surface area contributed by atoms with Crippen LogP contribution in [-0.4, -0.2) is 12.1 Å². The lowest BCUT2D eigenvalue weighted by atomic mass is 9.96. The second-order valence-corrected chi connectivity index (χ2v) is 6.03. The van der Waals surface area contributed by atoms with Crippen molar-refractivity contribution in [3.63, 3.8) is 0 Å². The van der Waals surface area contributed by atoms with Gasteiger partial charge in [-0.15, -0.1) is 0 Å². The Morgan fingerprint density at radius 2 is 1.90 bits per heavy atom. The number of aryl methyl sites for hydroxylation is 2. The van der Waals surface area contributed by atoms with E-state index in [0.717, 1.165) is 12.8 Å². The molecule has 1 saturated carbocycles. The number of amides is 2. The van der Waals surface area contributed by atoms with Gasteiger partial charge >= 0.3 is 6.03 Å². The summed E-state index contributed by atoms with van der Waals surface area (Å²) in [6.07, 6.45) is 6.00. The molecule has 110 valence electrons. The van der Waals surface area contributed by atoms with Crippen molar-refractivity contribution in [1.82, 2.24) is 10.6 Å². The smallest absolute Gasteiger partial charge is 0.315 e. The Hall–Kier alpha value is -1.51. The molecule has 2 amide bonds. The third-order valence-electron chi connectivity index (χ3n) is 4.19. The van der Waals surface area contributed by atoms with Crippen molar-refractivity contribution in [3.05, 3.63) is 34.9 Å². The van der Waals surface area contributed by atoms with Crippen LogP contribution in [0.3, 0.4) is 0 Å². The zero-order valence-electron chi connectivity index (χ0n) is 12.8. The summed E-state index contributed by atoms with van der Waals surface area (Å²) in [6.45, 7) is 6.21. The molecule has 2 N–H and O–H groups in total. The van der Waals surface area contributed by atoms with E-state index in [1.165, 1.54) is 36.0 Å². The molecular weight excluding hydrogens is 248 g/mol. The third kappa shape index (κ3) is 3.99. The minimum absolute atomic E-state index is 0.0368. The number of hydrogen-bond acceptors (Lipinski definition) is 1. The van der Waals surface area contributed by atoms with Crippen LogP contribution >= 0.6 is 0 Å². The minimum atomic E-state index is -0.0368. The summed E-state index contributed by atoms with van der Waals surface area (Å²) in [5.41, 5.74) is 3.65. The van der Waals surface area contributed by atoms with Gasteiger partial charge in [-0.05, 0) is 44.7 Å². The summed E-state index contributed by atoms with van der Waals surface area (Å²) in [5.74, 6) is 0. The summed E-state index contributed by atoms with van der Waals surface area (Å²) in [4.78, 5) is 12.1. The fraction of sp³-hybridized carbons (Fsp3) is 0.588. The summed E-state index contributed by atoms with van der Waals surface area (Å²) < 4.78 is 0. The quantitative estimate of drug-likeness (QED) is 0.859. The molecule has 1 aliphatic carbocycles. The molecule has 0 aromatic heterocycles. The van der Waals surface area contributed by atoms with Crippen molar-refractivity contribution in [2.45, 2.75) is 65.0 Å². The van der Waals surface area contributed by atoms with Gasteiger partial charge in [-0.2, -0.15) is 0 Å². The number of carbonyl (C=O) groups excluding carboxylic acids is 1. The van der Waals surface area contributed by atoms with Crippen LogP contribution in [0.25, 0.3) is 0 Å². The molecule has 3 heteroatoms. The zero-order chi connectivity index (χ0) is 14.5. The van der Waals surface area contributed by atoms with Crippen molar-refractivity contribution in [3.8, 4) is 0 Å². The highest BCUT2D eigenvalue weighted by Gasteiger charge is 2.17. The summed E-state index contributed by atoms with van der Waals surface area (Å²) in [6, 6.07) is 6.73. The molecule has 0 bridgehead atoms. The van der Waals surface area contributed by atoms with Gasteiger partial charge in [0.2, 0.25) is 0 Å². The van der Waals surface area contributed by atoms with E-state index in [1.54, 1.807) is 0 Å². The van der Waals surface area contributed by atoms with Gasteiger partial charge in [0, 0.05) is 6.04 Å². The van der Waals surface area contributed by atoms with E-state index in [2.05, 4.69) is 42.7 Å². The van der Waals surface area contributed by atoms with Gasteiger partial charge < -0.3 is 10.6 Å². The van der Waals surface area contributed by atoms with E-state index in [9.17, 15) is 4.79 Å². The lowest BCUT2D eigenvalue weighted by molar-refractivity contribution is 0.229. The van der Waals surface area contributed by atoms with E-state index >= 15 is 0 Å². The number of urea groups is 1. The van der Waals surface area contributed by atoms with Gasteiger partial charge in [0.05, 0.1) is 6.04 Å². The van der Waals surface area contributed by atoms with E-state index in [1.807, 2.05) is 6.92 Å². The molecule has 1 aromatic carbocycles. The maximum atomic E-state index is 12.1. The van der Waals surface area contributed by atoms with Gasteiger partial charge in [-0.1, -0.05) is 43.0 Å². The molecule has 0 aliphatic heterocycles. The van der Waals surface area contributed by atoms with Gasteiger partial charge in [-0.3, -0.25) is 0 Å². The maximum absolute atomic E-state index is 12.1. The molecule has 0 heterocycles. The van der Waals surface area contributed by atoms with Crippen LogP contribution in [0.2, 0.25) is 0 Å². The third-order valence-corrected chi connectivity index (χ3v) is 4.19. The summed E-state index contributed by atoms with van der Waals surface area (Å²) >= 11 is 0. The maximum Gasteiger partial charge on any atom is 0.315 e. The zero-order valence-corrected chi connectivity index (χ0v) is 12.8. The molecule has 2 rings (SSSR count). The summed E-state index contributed by atoms with van der Waals surface area (Å²) in [7, 11) is 0. The summed E-state index contributed by atoms with van der Waals surface area (Å²) in [5, 5.41) is 6.17. The van der Waals surface area contributed by atoms with Crippen molar-refractivity contribution in [2.24, 2.45) is 0 Å². The molecule has 0 spiro atoms. The molecule has 3 nitrogen and oxygen atoms in total. The molecular formula is C17H26N2O. The molecule has 1 fully saturated rings. The van der Waals surface area contributed by atoms with E-state index in [-0.39, 0.29) is 12.1 Å². The second-order valence-electron chi connectivity index (χ2n) is 6.03. The predicted octanol–water partition coefficient (Wildman–Crippen LogP) is 4.00. The monoisotopic (exact) mass is 274 g/mol. The Morgan fingerprint density at radius 3 is 2.60 bits per heavy atom. The number of benzene rings is 1. The first kappa shape index (κ1) is 14.9. The lowest BCUT2D eigenvalue weighted by Gasteiger charge is -2.24. The first-order chi connectivity index (χ1) is 9.56. The van der Waals surface area contributed by atoms with Crippen molar-refractivity contribution < 1.29 is 4.79 Å². The normalized spacial score (nSPS) is 17.6. The number of hydrogen-bond donors (Lipinski definition) is 2. The van der Waals surface area contributed by atoms with Gasteiger partial charge in [0.15, 0.2) is 0 Å². The molecule has 0 radical (unpaired) electrons. The highest BCUT2D eigenvalue weighted by atomic mass is 16.2. The van der Waals surface area contributed by atoms with Crippen molar-refractivity contribution in [2.75, 3.05) is 0 Å². The molecule has 0 saturated heterocycles. The van der Waals surface area contributed by atoms with Crippen LogP contribution in [0.1, 0.15) is 61.8 Å². The SMILES string of the molecule is Cc1ccc(C)c(C(C)NC(=O)NC2CCCCC2)c1. The Kier molecular flexibility index (Phi) is 5.05. The number of carbonyl (C=O) groups is 1. The topological polar surface area (TPSA) is 41.1 Å². The Labute approximate surface area is 122 Å². The van der Waals surface area contributed by atoms with E-state index in [0.29, 0.717) is 6.04 Å². The molecule has 1 aliphatic rings. The lowest BCUT2D eigenvalue weighted by Crippen LogP contribution is -2.43. The van der Waals surface area contributed by atoms with Crippen molar-refractivity contribution >= 4 is 6.03 Å². The average Bonchev–Trinajstić information content (AvgIpc) is 2.42. The molecule has 1 atom stereocenters. The highest BCUT2D eigenvalue weighted by molar-refractivity contribution is 5.74. The number of nitrogens with one attached hydrogen (secondary N) is 2. The van der Waals surface area contributed by atoms with Crippen molar-refractivity contribution in [1.29, 1.82) is 0 Å². The van der Waals surface area contributed by atoms with Crippen LogP contribution in [0, 0.1) is 13.8 Å². The largest absolute Gasteiger partial charge is 0.335 e. The Morgan fingerprint density at radius 1 is 1.20 bits per heavy atom. The number of rotatable bonds is 3. The van der Waals surface area contributed by atoms with Gasteiger partial charge in [-0.25, -0.2) is 4.79 Å². The molecule has 20 heavy (non-hydrogen) atoms. The predicted molar refractivity (Wildman–Crippen MR) is 82.9 cm³/mol. The minimum Gasteiger partial charge on any atom is -0.335 e. The van der Waals surface area contributed by atoms with E-state index in [4.69, 9.17) is 0 Å². The first-order valence-corrected chi connectivity index (χ1v) is 7.70. The average molecular weight is 274 g/mol. The van der Waals surface area contributed by atoms with Crippen LogP contribution in [0.4, 0.5) is 4.79 Å². The van der Waals surface area contributed by atoms with Crippen LogP contribution < -0.4 is 10.6 Å². The Balaban J connectivity index is 1.91. The Bertz CT molecular complexity index is 464. The van der Waals surface area contributed by atoms with Gasteiger partial charge in [0.25, 0.3) is 0 Å². The first-order valence-electron chi connectivity index (χ1n) is 7.70. The molecule has 1 unspecified atom stereocenters. The fourth-order valence-corrected chi connectivity index (χ4v) is 2.97. The highest BCUT2D eigenvalue weighted by Crippen LogP contribution is 2.20. The standard InChI is InChI=1S/C17H26N2O/c1-12-9-10-13(2)16(11-12)14(3)18-17(20)19-15-7-5-4-6-8-15/h9-11,14-15H,4-8H2,1-3H3,(H2,18,19,20). The second kappa shape index (κ2) is 6.78. The van der Waals surface area contributed by atoms with Crippen LogP contribution in [0.5, 0.6) is 0 Å². The fourth-order valence-electron chi connectivity index (χ4n) is 2.97.